The summed E-state index contributed by atoms with van der Waals surface area (Å²) < 4.78 is 25.1. The molecule has 5 nitrogen and oxygen atoms in total. The van der Waals surface area contributed by atoms with Gasteiger partial charge in [0.1, 0.15) is 0 Å². The monoisotopic (exact) mass is 195 g/mol. The van der Waals surface area contributed by atoms with Gasteiger partial charge in [0.25, 0.3) is 10.1 Å². The van der Waals surface area contributed by atoms with Gasteiger partial charge in [-0.25, -0.2) is 0 Å². The molecule has 0 aliphatic rings. The summed E-state index contributed by atoms with van der Waals surface area (Å²) in [6, 6.07) is 0. The molecule has 0 atom stereocenters. The molecule has 0 rings (SSSR count). The second-order valence-electron chi connectivity index (χ2n) is 2.36. The maximum atomic E-state index is 10.4. The standard InChI is InChI=1S/C6H12O5S/c1-12(9,10)11-5-3-2-4-6(7)8/h2-5H2,1H3,(H,7,8)/p-1. The van der Waals surface area contributed by atoms with E-state index in [2.05, 4.69) is 4.18 Å². The molecule has 0 aromatic heterocycles. The number of hydrogen-bond acceptors (Lipinski definition) is 5. The van der Waals surface area contributed by atoms with Crippen molar-refractivity contribution < 1.29 is 22.5 Å². The molecule has 0 unspecified atom stereocenters. The van der Waals surface area contributed by atoms with Crippen LogP contribution in [0.3, 0.4) is 0 Å². The third kappa shape index (κ3) is 9.38. The smallest absolute Gasteiger partial charge is 0.264 e. The van der Waals surface area contributed by atoms with Gasteiger partial charge in [0.15, 0.2) is 0 Å². The topological polar surface area (TPSA) is 83.5 Å². The van der Waals surface area contributed by atoms with E-state index >= 15 is 0 Å². The third-order valence-corrected chi connectivity index (χ3v) is 1.67. The fourth-order valence-corrected chi connectivity index (χ4v) is 1.00. The molecule has 0 radical (unpaired) electrons. The number of unbranched alkanes of at least 4 members (excludes halogenated alkanes) is 1. The normalized spacial score (nSPS) is 11.4. The van der Waals surface area contributed by atoms with Gasteiger partial charge in [-0.05, 0) is 19.3 Å². The summed E-state index contributed by atoms with van der Waals surface area (Å²) in [5, 5.41) is 9.89. The van der Waals surface area contributed by atoms with Crippen molar-refractivity contribution in [1.82, 2.24) is 0 Å². The Balaban J connectivity index is 3.29. The minimum absolute atomic E-state index is 0.0338. The summed E-state index contributed by atoms with van der Waals surface area (Å²) in [7, 11) is -3.39. The lowest BCUT2D eigenvalue weighted by molar-refractivity contribution is -0.305. The van der Waals surface area contributed by atoms with E-state index in [4.69, 9.17) is 0 Å². The Labute approximate surface area is 71.5 Å². The molecule has 0 saturated carbocycles. The minimum Gasteiger partial charge on any atom is -0.550 e. The zero-order valence-corrected chi connectivity index (χ0v) is 7.59. The quantitative estimate of drug-likeness (QED) is 0.396. The van der Waals surface area contributed by atoms with Crippen molar-refractivity contribution in [2.75, 3.05) is 12.9 Å². The maximum Gasteiger partial charge on any atom is 0.264 e. The largest absolute Gasteiger partial charge is 0.550 e. The van der Waals surface area contributed by atoms with E-state index in [0.29, 0.717) is 12.8 Å². The number of carboxylic acid groups (broad SMARTS) is 1. The summed E-state index contributed by atoms with van der Waals surface area (Å²) in [6.45, 7) is 0.0338. The van der Waals surface area contributed by atoms with Crippen molar-refractivity contribution in [2.24, 2.45) is 0 Å². The number of carbonyl (C=O) groups excluding carboxylic acids is 1. The molecule has 0 aliphatic heterocycles. The van der Waals surface area contributed by atoms with Gasteiger partial charge in [0.05, 0.1) is 12.9 Å². The van der Waals surface area contributed by atoms with Crippen LogP contribution < -0.4 is 5.11 Å². The molecule has 0 aliphatic carbocycles. The minimum atomic E-state index is -3.39. The highest BCUT2D eigenvalue weighted by molar-refractivity contribution is 7.85. The van der Waals surface area contributed by atoms with Crippen LogP contribution in [-0.4, -0.2) is 27.2 Å². The van der Waals surface area contributed by atoms with Crippen molar-refractivity contribution in [1.29, 1.82) is 0 Å². The van der Waals surface area contributed by atoms with Crippen LogP contribution in [0.2, 0.25) is 0 Å². The second-order valence-corrected chi connectivity index (χ2v) is 4.00. The van der Waals surface area contributed by atoms with E-state index in [1.165, 1.54) is 0 Å². The van der Waals surface area contributed by atoms with E-state index in [9.17, 15) is 18.3 Å². The van der Waals surface area contributed by atoms with Gasteiger partial charge in [0, 0.05) is 5.97 Å². The van der Waals surface area contributed by atoms with Crippen LogP contribution in [0, 0.1) is 0 Å². The van der Waals surface area contributed by atoms with Crippen LogP contribution in [0.25, 0.3) is 0 Å². The molecule has 0 spiro atoms. The highest BCUT2D eigenvalue weighted by atomic mass is 32.2. The Morgan fingerprint density at radius 1 is 1.42 bits per heavy atom. The average molecular weight is 195 g/mol. The molecule has 0 fully saturated rings. The Kier molecular flexibility index (Phi) is 4.84. The molecule has 0 amide bonds. The summed E-state index contributed by atoms with van der Waals surface area (Å²) in [5.41, 5.74) is 0. The Bertz CT molecular complexity index is 230. The Hall–Kier alpha value is -0.620. The first kappa shape index (κ1) is 11.4. The summed E-state index contributed by atoms with van der Waals surface area (Å²) >= 11 is 0. The zero-order valence-electron chi connectivity index (χ0n) is 6.78. The SMILES string of the molecule is CS(=O)(=O)OCCCCC(=O)[O-]. The predicted molar refractivity (Wildman–Crippen MR) is 39.7 cm³/mol. The van der Waals surface area contributed by atoms with Gasteiger partial charge < -0.3 is 9.90 Å². The van der Waals surface area contributed by atoms with Crippen LogP contribution in [0.4, 0.5) is 0 Å². The molecule has 0 aromatic carbocycles. The van der Waals surface area contributed by atoms with Crippen molar-refractivity contribution in [3.8, 4) is 0 Å². The fraction of sp³-hybridized carbons (Fsp3) is 0.833. The van der Waals surface area contributed by atoms with Gasteiger partial charge >= 0.3 is 0 Å². The Morgan fingerprint density at radius 3 is 2.42 bits per heavy atom. The van der Waals surface area contributed by atoms with E-state index in [0.717, 1.165) is 6.26 Å². The van der Waals surface area contributed by atoms with Crippen LogP contribution >= 0.6 is 0 Å². The van der Waals surface area contributed by atoms with Crippen LogP contribution in [0.15, 0.2) is 0 Å². The third-order valence-electron chi connectivity index (χ3n) is 1.07. The molecule has 0 N–H and O–H groups in total. The van der Waals surface area contributed by atoms with Crippen molar-refractivity contribution >= 4 is 16.1 Å². The summed E-state index contributed by atoms with van der Waals surface area (Å²) in [6.07, 6.45) is 1.66. The van der Waals surface area contributed by atoms with Crippen molar-refractivity contribution in [2.45, 2.75) is 19.3 Å². The number of aliphatic carboxylic acids is 1. The number of carboxylic acids is 1. The number of carbonyl (C=O) groups is 1. The van der Waals surface area contributed by atoms with E-state index in [1.807, 2.05) is 0 Å². The summed E-state index contributed by atoms with van der Waals surface area (Å²) in [4.78, 5) is 9.89. The second kappa shape index (κ2) is 5.10. The lowest BCUT2D eigenvalue weighted by Gasteiger charge is -2.01. The predicted octanol–water partition coefficient (Wildman–Crippen LogP) is -1.12. The molecule has 72 valence electrons. The zero-order chi connectivity index (χ0) is 9.61. The van der Waals surface area contributed by atoms with Gasteiger partial charge in [0.2, 0.25) is 0 Å². The molecule has 12 heavy (non-hydrogen) atoms. The van der Waals surface area contributed by atoms with Gasteiger partial charge in [-0.3, -0.25) is 4.18 Å². The highest BCUT2D eigenvalue weighted by Crippen LogP contribution is 1.96. The van der Waals surface area contributed by atoms with E-state index in [-0.39, 0.29) is 13.0 Å². The molecule has 0 aromatic rings. The van der Waals surface area contributed by atoms with Gasteiger partial charge in [-0.15, -0.1) is 0 Å². The summed E-state index contributed by atoms with van der Waals surface area (Å²) in [5.74, 6) is -1.13. The lowest BCUT2D eigenvalue weighted by Crippen LogP contribution is -2.21. The molecule has 0 bridgehead atoms. The fourth-order valence-electron chi connectivity index (χ4n) is 0.582. The molecule has 0 heterocycles. The van der Waals surface area contributed by atoms with E-state index in [1.54, 1.807) is 0 Å². The molecule has 6 heteroatoms. The average Bonchev–Trinajstić information content (AvgIpc) is 1.83. The van der Waals surface area contributed by atoms with Gasteiger partial charge in [-0.1, -0.05) is 0 Å². The first-order chi connectivity index (χ1) is 5.42. The van der Waals surface area contributed by atoms with Gasteiger partial charge in [-0.2, -0.15) is 8.42 Å². The van der Waals surface area contributed by atoms with Crippen LogP contribution in [0.1, 0.15) is 19.3 Å². The number of hydrogen-bond donors (Lipinski definition) is 0. The van der Waals surface area contributed by atoms with Crippen LogP contribution in [-0.2, 0) is 19.1 Å². The molecular formula is C6H11O5S-. The first-order valence-corrected chi connectivity index (χ1v) is 5.28. The van der Waals surface area contributed by atoms with Crippen LogP contribution in [0.5, 0.6) is 0 Å². The van der Waals surface area contributed by atoms with E-state index < -0.39 is 16.1 Å². The molecule has 0 saturated heterocycles. The van der Waals surface area contributed by atoms with Crippen molar-refractivity contribution in [3.63, 3.8) is 0 Å². The first-order valence-electron chi connectivity index (χ1n) is 3.46. The lowest BCUT2D eigenvalue weighted by atomic mass is 10.2. The maximum absolute atomic E-state index is 10.4. The molecular weight excluding hydrogens is 184 g/mol. The highest BCUT2D eigenvalue weighted by Gasteiger charge is 1.99. The Morgan fingerprint density at radius 2 is 2.00 bits per heavy atom. The van der Waals surface area contributed by atoms with Crippen molar-refractivity contribution in [3.05, 3.63) is 0 Å². The number of rotatable bonds is 6.